The first-order chi connectivity index (χ1) is 15.6. The lowest BCUT2D eigenvalue weighted by molar-refractivity contribution is -0.117. The fourth-order valence-electron chi connectivity index (χ4n) is 3.52. The number of aliphatic hydroxyl groups is 1. The van der Waals surface area contributed by atoms with Crippen LogP contribution in [-0.4, -0.2) is 28.4 Å². The molecule has 0 spiro atoms. The van der Waals surface area contributed by atoms with Crippen LogP contribution < -0.4 is 9.64 Å². The van der Waals surface area contributed by atoms with Gasteiger partial charge in [0.05, 0.1) is 18.2 Å². The topological polar surface area (TPSA) is 79.7 Å². The molecule has 32 heavy (non-hydrogen) atoms. The summed E-state index contributed by atoms with van der Waals surface area (Å²) in [7, 11) is 0. The van der Waals surface area contributed by atoms with Crippen LogP contribution in [0.1, 0.15) is 30.5 Å². The number of hydrogen-bond donors (Lipinski definition) is 1. The van der Waals surface area contributed by atoms with Crippen LogP contribution in [-0.2, 0) is 9.59 Å². The first kappa shape index (κ1) is 21.5. The maximum Gasteiger partial charge on any atom is 0.296 e. The van der Waals surface area contributed by atoms with E-state index < -0.39 is 23.5 Å². The first-order valence-electron chi connectivity index (χ1n) is 10.3. The molecule has 1 aliphatic rings. The Labute approximate surface area is 190 Å². The molecular formula is C25H22N2O4S. The molecule has 1 atom stereocenters. The Kier molecular flexibility index (Phi) is 6.47. The normalized spacial score (nSPS) is 16.2. The van der Waals surface area contributed by atoms with Gasteiger partial charge in [0.1, 0.15) is 5.75 Å². The van der Waals surface area contributed by atoms with Crippen LogP contribution in [0.15, 0.2) is 83.6 Å². The number of aromatic nitrogens is 1. The van der Waals surface area contributed by atoms with Gasteiger partial charge in [-0.25, -0.2) is 4.98 Å². The summed E-state index contributed by atoms with van der Waals surface area (Å²) in [6.07, 6.45) is 5.48. The van der Waals surface area contributed by atoms with Gasteiger partial charge in [-0.3, -0.25) is 14.5 Å². The van der Waals surface area contributed by atoms with Gasteiger partial charge in [-0.05, 0) is 35.8 Å². The summed E-state index contributed by atoms with van der Waals surface area (Å²) in [5.74, 6) is -1.02. The molecule has 0 aliphatic carbocycles. The molecule has 162 valence electrons. The summed E-state index contributed by atoms with van der Waals surface area (Å²) in [4.78, 5) is 31.8. The first-order valence-corrected chi connectivity index (χ1v) is 11.1. The van der Waals surface area contributed by atoms with Crippen LogP contribution in [0.25, 0.3) is 6.08 Å². The highest BCUT2D eigenvalue weighted by Gasteiger charge is 2.44. The fourth-order valence-corrected chi connectivity index (χ4v) is 4.19. The second-order valence-electron chi connectivity index (χ2n) is 7.18. The molecule has 0 radical (unpaired) electrons. The number of ether oxygens (including phenoxy) is 1. The van der Waals surface area contributed by atoms with Crippen molar-refractivity contribution in [3.8, 4) is 5.75 Å². The Morgan fingerprint density at radius 3 is 2.75 bits per heavy atom. The molecule has 2 aromatic carbocycles. The molecule has 3 aromatic rings. The number of carbonyl (C=O) groups excluding carboxylic acids is 2. The molecule has 0 saturated heterocycles. The lowest BCUT2D eigenvalue weighted by atomic mass is 9.95. The van der Waals surface area contributed by atoms with E-state index in [-0.39, 0.29) is 5.57 Å². The number of thiazole rings is 1. The van der Waals surface area contributed by atoms with E-state index in [1.807, 2.05) is 55.5 Å². The highest BCUT2D eigenvalue weighted by Crippen LogP contribution is 2.42. The van der Waals surface area contributed by atoms with E-state index in [1.165, 1.54) is 22.3 Å². The standard InChI is InChI=1S/C25H22N2O4S/c1-2-14-31-19-10-6-9-18(16-19)22-21(20(28)12-11-17-7-4-3-5-8-17)23(29)24(30)27(22)25-26-13-15-32-25/h3-13,15-16,22,29H,2,14H2,1H3. The molecule has 0 bridgehead atoms. The van der Waals surface area contributed by atoms with Gasteiger partial charge in [0.15, 0.2) is 16.7 Å². The number of amides is 1. The van der Waals surface area contributed by atoms with Crippen molar-refractivity contribution in [3.05, 3.63) is 94.7 Å². The van der Waals surface area contributed by atoms with Crippen LogP contribution >= 0.6 is 11.3 Å². The quantitative estimate of drug-likeness (QED) is 0.486. The summed E-state index contributed by atoms with van der Waals surface area (Å²) in [5, 5.41) is 12.9. The van der Waals surface area contributed by atoms with Gasteiger partial charge in [0.25, 0.3) is 5.91 Å². The molecule has 1 aliphatic heterocycles. The summed E-state index contributed by atoms with van der Waals surface area (Å²) >= 11 is 1.26. The molecule has 1 aromatic heterocycles. The minimum absolute atomic E-state index is 0.0185. The Balaban J connectivity index is 1.75. The predicted molar refractivity (Wildman–Crippen MR) is 125 cm³/mol. The Bertz CT molecular complexity index is 1170. The summed E-state index contributed by atoms with van der Waals surface area (Å²) in [6.45, 7) is 2.57. The summed E-state index contributed by atoms with van der Waals surface area (Å²) in [5.41, 5.74) is 1.52. The zero-order valence-electron chi connectivity index (χ0n) is 17.5. The van der Waals surface area contributed by atoms with Gasteiger partial charge in [0, 0.05) is 11.6 Å². The Hall–Kier alpha value is -3.71. The van der Waals surface area contributed by atoms with Gasteiger partial charge in [0.2, 0.25) is 0 Å². The number of hydrogen-bond acceptors (Lipinski definition) is 6. The van der Waals surface area contributed by atoms with E-state index in [2.05, 4.69) is 4.98 Å². The van der Waals surface area contributed by atoms with Crippen LogP contribution in [0.2, 0.25) is 0 Å². The third-order valence-electron chi connectivity index (χ3n) is 4.97. The average molecular weight is 447 g/mol. The van der Waals surface area contributed by atoms with Crippen molar-refractivity contribution in [2.75, 3.05) is 11.5 Å². The Morgan fingerprint density at radius 2 is 2.03 bits per heavy atom. The van der Waals surface area contributed by atoms with Gasteiger partial charge < -0.3 is 9.84 Å². The number of rotatable bonds is 8. The fraction of sp³-hybridized carbons (Fsp3) is 0.160. The van der Waals surface area contributed by atoms with E-state index in [0.717, 1.165) is 12.0 Å². The molecule has 0 fully saturated rings. The average Bonchev–Trinajstić information content (AvgIpc) is 3.44. The van der Waals surface area contributed by atoms with Crippen molar-refractivity contribution >= 4 is 34.2 Å². The minimum Gasteiger partial charge on any atom is -0.503 e. The van der Waals surface area contributed by atoms with Crippen LogP contribution in [0, 0.1) is 0 Å². The third kappa shape index (κ3) is 4.33. The van der Waals surface area contributed by atoms with E-state index >= 15 is 0 Å². The largest absolute Gasteiger partial charge is 0.503 e. The number of anilines is 1. The molecule has 0 saturated carbocycles. The molecular weight excluding hydrogens is 424 g/mol. The zero-order valence-corrected chi connectivity index (χ0v) is 18.3. The van der Waals surface area contributed by atoms with Crippen LogP contribution in [0.5, 0.6) is 5.75 Å². The number of benzene rings is 2. The van der Waals surface area contributed by atoms with Crippen LogP contribution in [0.3, 0.4) is 0 Å². The summed E-state index contributed by atoms with van der Waals surface area (Å²) in [6, 6.07) is 15.8. The smallest absolute Gasteiger partial charge is 0.296 e. The molecule has 1 amide bonds. The molecule has 2 heterocycles. The van der Waals surface area contributed by atoms with Crippen molar-refractivity contribution in [1.82, 2.24) is 4.98 Å². The predicted octanol–water partition coefficient (Wildman–Crippen LogP) is 5.11. The number of carbonyl (C=O) groups is 2. The number of aliphatic hydroxyl groups excluding tert-OH is 1. The molecule has 4 rings (SSSR count). The number of allylic oxidation sites excluding steroid dienone is 1. The SMILES string of the molecule is CCCOc1cccc(C2C(C(=O)C=Cc3ccccc3)=C(O)C(=O)N2c2nccs2)c1. The van der Waals surface area contributed by atoms with Crippen molar-refractivity contribution in [2.45, 2.75) is 19.4 Å². The van der Waals surface area contributed by atoms with Crippen molar-refractivity contribution < 1.29 is 19.4 Å². The van der Waals surface area contributed by atoms with Gasteiger partial charge in [-0.2, -0.15) is 0 Å². The molecule has 6 nitrogen and oxygen atoms in total. The molecule has 1 unspecified atom stereocenters. The van der Waals surface area contributed by atoms with E-state index in [0.29, 0.717) is 23.1 Å². The second-order valence-corrected chi connectivity index (χ2v) is 8.06. The van der Waals surface area contributed by atoms with Crippen molar-refractivity contribution in [1.29, 1.82) is 0 Å². The van der Waals surface area contributed by atoms with E-state index in [1.54, 1.807) is 23.7 Å². The second kappa shape index (κ2) is 9.62. The number of ketones is 1. The molecule has 7 heteroatoms. The van der Waals surface area contributed by atoms with Crippen molar-refractivity contribution in [2.24, 2.45) is 0 Å². The molecule has 1 N–H and O–H groups in total. The maximum atomic E-state index is 13.2. The number of nitrogens with zero attached hydrogens (tertiary/aromatic N) is 2. The lowest BCUT2D eigenvalue weighted by Crippen LogP contribution is -2.30. The Morgan fingerprint density at radius 1 is 1.22 bits per heavy atom. The van der Waals surface area contributed by atoms with Gasteiger partial charge in [-0.1, -0.05) is 55.5 Å². The maximum absolute atomic E-state index is 13.2. The van der Waals surface area contributed by atoms with Gasteiger partial charge >= 0.3 is 0 Å². The van der Waals surface area contributed by atoms with E-state index in [9.17, 15) is 14.7 Å². The monoisotopic (exact) mass is 446 g/mol. The highest BCUT2D eigenvalue weighted by molar-refractivity contribution is 7.13. The van der Waals surface area contributed by atoms with E-state index in [4.69, 9.17) is 4.74 Å². The third-order valence-corrected chi connectivity index (χ3v) is 5.74. The summed E-state index contributed by atoms with van der Waals surface area (Å²) < 4.78 is 5.74. The van der Waals surface area contributed by atoms with Gasteiger partial charge in [-0.15, -0.1) is 11.3 Å². The lowest BCUT2D eigenvalue weighted by Gasteiger charge is -2.24. The zero-order chi connectivity index (χ0) is 22.5. The van der Waals surface area contributed by atoms with Crippen LogP contribution in [0.4, 0.5) is 5.13 Å². The van der Waals surface area contributed by atoms with Crippen molar-refractivity contribution in [3.63, 3.8) is 0 Å². The highest BCUT2D eigenvalue weighted by atomic mass is 32.1. The minimum atomic E-state index is -0.813.